The van der Waals surface area contributed by atoms with E-state index in [0.29, 0.717) is 18.1 Å². The number of nitrogens with zero attached hydrogens (tertiary/aromatic N) is 1. The second kappa shape index (κ2) is 5.87. The van der Waals surface area contributed by atoms with Crippen LogP contribution in [0.5, 0.6) is 0 Å². The van der Waals surface area contributed by atoms with Crippen LogP contribution < -0.4 is 5.32 Å². The molecule has 2 aliphatic carbocycles. The highest BCUT2D eigenvalue weighted by molar-refractivity contribution is 5.95. The Bertz CT molecular complexity index is 671. The molecule has 1 spiro atoms. The van der Waals surface area contributed by atoms with Crippen molar-refractivity contribution in [3.8, 4) is 0 Å². The van der Waals surface area contributed by atoms with Crippen molar-refractivity contribution in [2.45, 2.75) is 38.5 Å². The van der Waals surface area contributed by atoms with Gasteiger partial charge in [0.05, 0.1) is 0 Å². The molecule has 1 saturated heterocycles. The first kappa shape index (κ1) is 15.6. The van der Waals surface area contributed by atoms with E-state index in [9.17, 15) is 14.0 Å². The summed E-state index contributed by atoms with van der Waals surface area (Å²) in [7, 11) is 0. The number of nitrogens with one attached hydrogen (secondary N) is 1. The molecule has 3 fully saturated rings. The van der Waals surface area contributed by atoms with Crippen LogP contribution in [0.1, 0.15) is 38.5 Å². The van der Waals surface area contributed by atoms with Crippen LogP contribution in [0.25, 0.3) is 0 Å². The molecule has 2 amide bonds. The van der Waals surface area contributed by atoms with Crippen LogP contribution in [-0.4, -0.2) is 29.8 Å². The predicted molar refractivity (Wildman–Crippen MR) is 88.7 cm³/mol. The number of carbonyl (C=O) groups is 2. The molecule has 1 N–H and O–H groups in total. The molecule has 5 heteroatoms. The number of hydrogen-bond donors (Lipinski definition) is 1. The SMILES string of the molecule is O=C(Nc1cccc(F)c1)[C@@H]1C[C@]12CCN(C(=O)C1CCCC1)C2. The number of carbonyl (C=O) groups excluding carboxylic acids is 2. The Morgan fingerprint density at radius 3 is 2.79 bits per heavy atom. The third kappa shape index (κ3) is 2.80. The fourth-order valence-electron chi connectivity index (χ4n) is 4.48. The first-order chi connectivity index (χ1) is 11.6. The Kier molecular flexibility index (Phi) is 3.82. The molecule has 24 heavy (non-hydrogen) atoms. The van der Waals surface area contributed by atoms with Gasteiger partial charge in [-0.2, -0.15) is 0 Å². The summed E-state index contributed by atoms with van der Waals surface area (Å²) in [6, 6.07) is 5.97. The summed E-state index contributed by atoms with van der Waals surface area (Å²) in [4.78, 5) is 27.0. The van der Waals surface area contributed by atoms with E-state index in [1.807, 2.05) is 4.90 Å². The number of benzene rings is 1. The maximum absolute atomic E-state index is 13.2. The van der Waals surface area contributed by atoms with Crippen molar-refractivity contribution in [1.82, 2.24) is 4.90 Å². The van der Waals surface area contributed by atoms with E-state index in [4.69, 9.17) is 0 Å². The molecule has 1 heterocycles. The Hall–Kier alpha value is -1.91. The number of likely N-dealkylation sites (tertiary alicyclic amines) is 1. The van der Waals surface area contributed by atoms with Crippen LogP contribution >= 0.6 is 0 Å². The molecule has 1 aromatic carbocycles. The molecule has 4 nitrogen and oxygen atoms in total. The third-order valence-corrected chi connectivity index (χ3v) is 6.00. The van der Waals surface area contributed by atoms with Gasteiger partial charge in [-0.3, -0.25) is 9.59 Å². The number of amides is 2. The van der Waals surface area contributed by atoms with Crippen LogP contribution in [-0.2, 0) is 9.59 Å². The van der Waals surface area contributed by atoms with E-state index >= 15 is 0 Å². The van der Waals surface area contributed by atoms with Crippen molar-refractivity contribution in [3.05, 3.63) is 30.1 Å². The summed E-state index contributed by atoms with van der Waals surface area (Å²) in [6.45, 7) is 1.49. The molecular formula is C19H23FN2O2. The molecule has 1 aromatic rings. The van der Waals surface area contributed by atoms with Gasteiger partial charge in [-0.15, -0.1) is 0 Å². The highest BCUT2D eigenvalue weighted by Crippen LogP contribution is 2.59. The standard InChI is InChI=1S/C19H23FN2O2/c20-14-6-3-7-15(10-14)21-17(23)16-11-19(16)8-9-22(12-19)18(24)13-4-1-2-5-13/h3,6-7,10,13,16H,1-2,4-5,8-9,11-12H2,(H,21,23)/t16-,19-/m0/s1. The molecule has 0 aromatic heterocycles. The van der Waals surface area contributed by atoms with E-state index in [1.54, 1.807) is 12.1 Å². The van der Waals surface area contributed by atoms with Crippen LogP contribution in [0.2, 0.25) is 0 Å². The van der Waals surface area contributed by atoms with Gasteiger partial charge < -0.3 is 10.2 Å². The monoisotopic (exact) mass is 330 g/mol. The zero-order valence-electron chi connectivity index (χ0n) is 13.8. The lowest BCUT2D eigenvalue weighted by molar-refractivity contribution is -0.134. The number of halogens is 1. The van der Waals surface area contributed by atoms with E-state index in [0.717, 1.165) is 45.1 Å². The Morgan fingerprint density at radius 2 is 2.04 bits per heavy atom. The lowest BCUT2D eigenvalue weighted by atomic mass is 10.0. The van der Waals surface area contributed by atoms with Gasteiger partial charge in [0, 0.05) is 36.0 Å². The summed E-state index contributed by atoms with van der Waals surface area (Å²) in [6.07, 6.45) is 6.11. The van der Waals surface area contributed by atoms with Gasteiger partial charge in [0.15, 0.2) is 0 Å². The molecule has 0 radical (unpaired) electrons. The van der Waals surface area contributed by atoms with Crippen molar-refractivity contribution >= 4 is 17.5 Å². The average molecular weight is 330 g/mol. The second-order valence-electron chi connectivity index (χ2n) is 7.61. The van der Waals surface area contributed by atoms with Crippen LogP contribution in [0.3, 0.4) is 0 Å². The van der Waals surface area contributed by atoms with E-state index in [2.05, 4.69) is 5.32 Å². The zero-order valence-corrected chi connectivity index (χ0v) is 13.8. The predicted octanol–water partition coefficient (Wildman–Crippen LogP) is 3.19. The van der Waals surface area contributed by atoms with Crippen LogP contribution in [0, 0.1) is 23.1 Å². The van der Waals surface area contributed by atoms with Gasteiger partial charge in [-0.1, -0.05) is 18.9 Å². The fourth-order valence-corrected chi connectivity index (χ4v) is 4.48. The summed E-state index contributed by atoms with van der Waals surface area (Å²) in [5.41, 5.74) is 0.463. The van der Waals surface area contributed by atoms with E-state index < -0.39 is 0 Å². The lowest BCUT2D eigenvalue weighted by Gasteiger charge is -2.20. The molecule has 0 unspecified atom stereocenters. The number of anilines is 1. The minimum Gasteiger partial charge on any atom is -0.342 e. The highest BCUT2D eigenvalue weighted by atomic mass is 19.1. The molecule has 128 valence electrons. The van der Waals surface area contributed by atoms with E-state index in [-0.39, 0.29) is 29.0 Å². The van der Waals surface area contributed by atoms with Crippen molar-refractivity contribution in [2.75, 3.05) is 18.4 Å². The highest BCUT2D eigenvalue weighted by Gasteiger charge is 2.61. The van der Waals surface area contributed by atoms with Gasteiger partial charge in [0.2, 0.25) is 11.8 Å². The first-order valence-corrected chi connectivity index (χ1v) is 8.93. The lowest BCUT2D eigenvalue weighted by Crippen LogP contribution is -2.34. The summed E-state index contributed by atoms with van der Waals surface area (Å²) < 4.78 is 13.2. The minimum atomic E-state index is -0.354. The molecule has 0 bridgehead atoms. The maximum Gasteiger partial charge on any atom is 0.228 e. The van der Waals surface area contributed by atoms with Gasteiger partial charge in [0.25, 0.3) is 0 Å². The van der Waals surface area contributed by atoms with Crippen molar-refractivity contribution in [2.24, 2.45) is 17.3 Å². The van der Waals surface area contributed by atoms with Crippen molar-refractivity contribution < 1.29 is 14.0 Å². The number of hydrogen-bond acceptors (Lipinski definition) is 2. The normalized spacial score (nSPS) is 29.2. The number of rotatable bonds is 3. The summed E-state index contributed by atoms with van der Waals surface area (Å²) in [5.74, 6) is 0.0458. The summed E-state index contributed by atoms with van der Waals surface area (Å²) >= 11 is 0. The second-order valence-corrected chi connectivity index (χ2v) is 7.61. The zero-order chi connectivity index (χ0) is 16.7. The largest absolute Gasteiger partial charge is 0.342 e. The van der Waals surface area contributed by atoms with E-state index in [1.165, 1.54) is 12.1 Å². The van der Waals surface area contributed by atoms with Gasteiger partial charge in [-0.05, 0) is 43.9 Å². The van der Waals surface area contributed by atoms with Crippen molar-refractivity contribution in [1.29, 1.82) is 0 Å². The third-order valence-electron chi connectivity index (χ3n) is 6.00. The average Bonchev–Trinajstić information content (AvgIpc) is 2.93. The minimum absolute atomic E-state index is 0.0360. The molecule has 4 rings (SSSR count). The Balaban J connectivity index is 1.35. The van der Waals surface area contributed by atoms with Gasteiger partial charge >= 0.3 is 0 Å². The molecule has 2 saturated carbocycles. The Morgan fingerprint density at radius 1 is 1.25 bits per heavy atom. The first-order valence-electron chi connectivity index (χ1n) is 8.93. The molecular weight excluding hydrogens is 307 g/mol. The van der Waals surface area contributed by atoms with Gasteiger partial charge in [0.1, 0.15) is 5.82 Å². The van der Waals surface area contributed by atoms with Gasteiger partial charge in [-0.25, -0.2) is 4.39 Å². The fraction of sp³-hybridized carbons (Fsp3) is 0.579. The summed E-state index contributed by atoms with van der Waals surface area (Å²) in [5, 5.41) is 2.81. The van der Waals surface area contributed by atoms with Crippen LogP contribution in [0.4, 0.5) is 10.1 Å². The molecule has 2 atom stereocenters. The smallest absolute Gasteiger partial charge is 0.228 e. The maximum atomic E-state index is 13.2. The molecule has 3 aliphatic rings. The van der Waals surface area contributed by atoms with Crippen LogP contribution in [0.15, 0.2) is 24.3 Å². The topological polar surface area (TPSA) is 49.4 Å². The quantitative estimate of drug-likeness (QED) is 0.925. The molecule has 1 aliphatic heterocycles. The van der Waals surface area contributed by atoms with Crippen molar-refractivity contribution in [3.63, 3.8) is 0 Å². The Labute approximate surface area is 141 Å².